The molecule has 25 heavy (non-hydrogen) atoms. The Balaban J connectivity index is 2.22. The first-order valence-corrected chi connectivity index (χ1v) is 9.28. The minimum atomic E-state index is -0.966. The zero-order chi connectivity index (χ0) is 18.1. The number of thioether (sulfide) groups is 1. The molecule has 2 aromatic carbocycles. The molecule has 0 spiro atoms. The van der Waals surface area contributed by atoms with Crippen molar-refractivity contribution in [2.75, 3.05) is 11.5 Å². The van der Waals surface area contributed by atoms with Crippen LogP contribution in [0.1, 0.15) is 17.5 Å². The number of aliphatic carboxylic acids is 2. The van der Waals surface area contributed by atoms with E-state index in [4.69, 9.17) is 5.11 Å². The molecule has 5 heteroatoms. The number of rotatable bonds is 10. The van der Waals surface area contributed by atoms with Gasteiger partial charge in [0.15, 0.2) is 0 Å². The summed E-state index contributed by atoms with van der Waals surface area (Å²) in [7, 11) is 0. The van der Waals surface area contributed by atoms with E-state index in [0.717, 1.165) is 11.1 Å². The van der Waals surface area contributed by atoms with E-state index in [2.05, 4.69) is 0 Å². The third kappa shape index (κ3) is 5.94. The molecule has 0 radical (unpaired) electrons. The zero-order valence-electron chi connectivity index (χ0n) is 13.9. The molecule has 4 nitrogen and oxygen atoms in total. The predicted molar refractivity (Wildman–Crippen MR) is 99.9 cm³/mol. The van der Waals surface area contributed by atoms with Gasteiger partial charge in [-0.2, -0.15) is 11.8 Å². The van der Waals surface area contributed by atoms with Gasteiger partial charge < -0.3 is 10.2 Å². The van der Waals surface area contributed by atoms with Crippen LogP contribution in [0.15, 0.2) is 60.7 Å². The highest BCUT2D eigenvalue weighted by atomic mass is 32.2. The number of carboxylic acid groups (broad SMARTS) is 2. The summed E-state index contributed by atoms with van der Waals surface area (Å²) >= 11 is 1.39. The third-order valence-electron chi connectivity index (χ3n) is 4.06. The summed E-state index contributed by atoms with van der Waals surface area (Å²) in [5.74, 6) is -0.921. The molecule has 0 saturated carbocycles. The number of benzene rings is 2. The van der Waals surface area contributed by atoms with Crippen LogP contribution in [0, 0.1) is 5.41 Å². The molecule has 2 N–H and O–H groups in total. The van der Waals surface area contributed by atoms with Gasteiger partial charge in [-0.25, -0.2) is 0 Å². The normalized spacial score (nSPS) is 11.2. The second kappa shape index (κ2) is 9.28. The highest BCUT2D eigenvalue weighted by Gasteiger charge is 2.38. The van der Waals surface area contributed by atoms with Crippen molar-refractivity contribution < 1.29 is 19.8 Å². The molecule has 0 aromatic heterocycles. The molecule has 0 heterocycles. The standard InChI is InChI=1S/C20H22O4S/c21-18(22)11-12-25-15-20(19(23)24,13-16-7-3-1-4-8-16)14-17-9-5-2-6-10-17/h1-10H,11-15H2,(H,21,22)(H,23,24). The van der Waals surface area contributed by atoms with E-state index in [1.165, 1.54) is 11.8 Å². The Morgan fingerprint density at radius 1 is 0.840 bits per heavy atom. The van der Waals surface area contributed by atoms with Gasteiger partial charge in [0.25, 0.3) is 0 Å². The maximum atomic E-state index is 12.2. The predicted octanol–water partition coefficient (Wildman–Crippen LogP) is 3.75. The Kier molecular flexibility index (Phi) is 7.07. The first-order valence-electron chi connectivity index (χ1n) is 8.13. The molecule has 2 aromatic rings. The molecule has 132 valence electrons. The molecule has 0 aliphatic heterocycles. The van der Waals surface area contributed by atoms with Gasteiger partial charge in [-0.15, -0.1) is 0 Å². The maximum absolute atomic E-state index is 12.2. The minimum absolute atomic E-state index is 0.0387. The molecule has 0 aliphatic carbocycles. The average Bonchev–Trinajstić information content (AvgIpc) is 2.60. The number of carboxylic acids is 2. The minimum Gasteiger partial charge on any atom is -0.481 e. The number of hydrogen-bond acceptors (Lipinski definition) is 3. The Morgan fingerprint density at radius 2 is 1.32 bits per heavy atom. The highest BCUT2D eigenvalue weighted by molar-refractivity contribution is 7.99. The van der Waals surface area contributed by atoms with Crippen LogP contribution in [0.25, 0.3) is 0 Å². The lowest BCUT2D eigenvalue weighted by molar-refractivity contribution is -0.147. The summed E-state index contributed by atoms with van der Waals surface area (Å²) in [5.41, 5.74) is 0.977. The van der Waals surface area contributed by atoms with Crippen LogP contribution in [0.2, 0.25) is 0 Å². The molecule has 0 aliphatic rings. The summed E-state index contributed by atoms with van der Waals surface area (Å²) in [6.07, 6.45) is 0.868. The lowest BCUT2D eigenvalue weighted by Gasteiger charge is -2.29. The van der Waals surface area contributed by atoms with E-state index in [-0.39, 0.29) is 6.42 Å². The second-order valence-electron chi connectivity index (χ2n) is 6.11. The Labute approximate surface area is 151 Å². The first kappa shape index (κ1) is 19.1. The fourth-order valence-electron chi connectivity index (χ4n) is 2.78. The Morgan fingerprint density at radius 3 is 1.72 bits per heavy atom. The van der Waals surface area contributed by atoms with E-state index >= 15 is 0 Å². The largest absolute Gasteiger partial charge is 0.481 e. The molecule has 0 unspecified atom stereocenters. The number of carbonyl (C=O) groups is 2. The molecular weight excluding hydrogens is 336 g/mol. The van der Waals surface area contributed by atoms with E-state index in [1.807, 2.05) is 60.7 Å². The van der Waals surface area contributed by atoms with Gasteiger partial charge in [-0.05, 0) is 24.0 Å². The first-order chi connectivity index (χ1) is 12.0. The van der Waals surface area contributed by atoms with Crippen LogP contribution in [0.3, 0.4) is 0 Å². The fraction of sp³-hybridized carbons (Fsp3) is 0.300. The van der Waals surface area contributed by atoms with Crippen molar-refractivity contribution in [3.05, 3.63) is 71.8 Å². The van der Waals surface area contributed by atoms with Crippen LogP contribution in [-0.2, 0) is 22.4 Å². The summed E-state index contributed by atoms with van der Waals surface area (Å²) in [6.45, 7) is 0. The van der Waals surface area contributed by atoms with Crippen LogP contribution in [0.5, 0.6) is 0 Å². The van der Waals surface area contributed by atoms with Crippen LogP contribution in [0.4, 0.5) is 0 Å². The topological polar surface area (TPSA) is 74.6 Å². The van der Waals surface area contributed by atoms with E-state index in [1.54, 1.807) is 0 Å². The lowest BCUT2D eigenvalue weighted by Crippen LogP contribution is -2.38. The van der Waals surface area contributed by atoms with Gasteiger partial charge in [0, 0.05) is 11.5 Å². The quantitative estimate of drug-likeness (QED) is 0.633. The molecular formula is C20H22O4S. The van der Waals surface area contributed by atoms with Gasteiger partial charge in [-0.3, -0.25) is 9.59 Å². The molecule has 0 amide bonds. The zero-order valence-corrected chi connectivity index (χ0v) is 14.7. The van der Waals surface area contributed by atoms with Gasteiger partial charge >= 0.3 is 11.9 Å². The van der Waals surface area contributed by atoms with E-state index in [0.29, 0.717) is 24.3 Å². The fourth-order valence-corrected chi connectivity index (χ4v) is 3.96. The van der Waals surface area contributed by atoms with Crippen LogP contribution >= 0.6 is 11.8 Å². The summed E-state index contributed by atoms with van der Waals surface area (Å²) in [4.78, 5) is 22.9. The summed E-state index contributed by atoms with van der Waals surface area (Å²) in [5, 5.41) is 18.8. The molecule has 0 saturated heterocycles. The van der Waals surface area contributed by atoms with Crippen molar-refractivity contribution in [2.45, 2.75) is 19.3 Å². The monoisotopic (exact) mass is 358 g/mol. The van der Waals surface area contributed by atoms with Crippen molar-refractivity contribution in [2.24, 2.45) is 5.41 Å². The third-order valence-corrected chi connectivity index (χ3v) is 5.31. The van der Waals surface area contributed by atoms with Crippen LogP contribution in [-0.4, -0.2) is 33.7 Å². The molecule has 0 atom stereocenters. The van der Waals surface area contributed by atoms with Crippen molar-refractivity contribution in [3.63, 3.8) is 0 Å². The summed E-state index contributed by atoms with van der Waals surface area (Å²) in [6, 6.07) is 19.2. The molecule has 2 rings (SSSR count). The smallest absolute Gasteiger partial charge is 0.311 e. The maximum Gasteiger partial charge on any atom is 0.311 e. The van der Waals surface area contributed by atoms with E-state index in [9.17, 15) is 14.7 Å². The van der Waals surface area contributed by atoms with Gasteiger partial charge in [0.05, 0.1) is 11.8 Å². The van der Waals surface area contributed by atoms with Crippen molar-refractivity contribution in [1.29, 1.82) is 0 Å². The lowest BCUT2D eigenvalue weighted by atomic mass is 9.78. The Hall–Kier alpha value is -2.27. The SMILES string of the molecule is O=C(O)CCSCC(Cc1ccccc1)(Cc1ccccc1)C(=O)O. The molecule has 0 bridgehead atoms. The summed E-state index contributed by atoms with van der Waals surface area (Å²) < 4.78 is 0. The van der Waals surface area contributed by atoms with Gasteiger partial charge in [-0.1, -0.05) is 60.7 Å². The highest BCUT2D eigenvalue weighted by Crippen LogP contribution is 2.33. The Bertz CT molecular complexity index is 644. The molecule has 0 fully saturated rings. The van der Waals surface area contributed by atoms with Crippen molar-refractivity contribution in [1.82, 2.24) is 0 Å². The van der Waals surface area contributed by atoms with E-state index < -0.39 is 17.4 Å². The second-order valence-corrected chi connectivity index (χ2v) is 7.21. The average molecular weight is 358 g/mol. The van der Waals surface area contributed by atoms with Gasteiger partial charge in [0.2, 0.25) is 0 Å². The number of hydrogen-bond donors (Lipinski definition) is 2. The van der Waals surface area contributed by atoms with Crippen molar-refractivity contribution in [3.8, 4) is 0 Å². The van der Waals surface area contributed by atoms with Gasteiger partial charge in [0.1, 0.15) is 0 Å². The van der Waals surface area contributed by atoms with Crippen LogP contribution < -0.4 is 0 Å². The van der Waals surface area contributed by atoms with Crippen molar-refractivity contribution >= 4 is 23.7 Å².